The van der Waals surface area contributed by atoms with Gasteiger partial charge in [0.1, 0.15) is 42.0 Å². The molecular weight excluding hydrogens is 1400 g/mol. The first-order valence-electron chi connectivity index (χ1n) is 32.4. The number of aliphatic carboxylic acids is 5. The minimum atomic E-state index is -1.54. The minimum absolute atomic E-state index is 0.0279. The van der Waals surface area contributed by atoms with E-state index in [1.165, 1.54) is 12.1 Å². The molecule has 0 aliphatic carbocycles. The van der Waals surface area contributed by atoms with Crippen molar-refractivity contribution in [3.63, 3.8) is 0 Å². The second kappa shape index (κ2) is 45.6. The van der Waals surface area contributed by atoms with Gasteiger partial charge in [0.2, 0.25) is 47.3 Å². The largest absolute Gasteiger partial charge is 0.507 e. The van der Waals surface area contributed by atoms with Crippen LogP contribution in [-0.2, 0) is 75.2 Å². The van der Waals surface area contributed by atoms with Crippen LogP contribution in [0, 0.1) is 3.57 Å². The zero-order valence-corrected chi connectivity index (χ0v) is 57.0. The fourth-order valence-corrected chi connectivity index (χ4v) is 11.2. The predicted molar refractivity (Wildman–Crippen MR) is 360 cm³/mol. The third kappa shape index (κ3) is 35.4. The smallest absolute Gasteiger partial charge is 0.326 e. The summed E-state index contributed by atoms with van der Waals surface area (Å²) in [6.45, 7) is 1.31. The monoisotopic (exact) mass is 1490 g/mol. The number of nitrogens with zero attached hydrogens (tertiary/aromatic N) is 4. The molecule has 6 atom stereocenters. The molecule has 35 heteroatoms. The number of primary amides is 3. The van der Waals surface area contributed by atoms with Crippen LogP contribution in [0.4, 0.5) is 4.79 Å². The molecule has 0 bridgehead atoms. The van der Waals surface area contributed by atoms with Crippen LogP contribution >= 0.6 is 22.6 Å². The van der Waals surface area contributed by atoms with Crippen molar-refractivity contribution in [2.45, 2.75) is 152 Å². The van der Waals surface area contributed by atoms with E-state index in [0.29, 0.717) is 53.2 Å². The fraction of sp³-hybridized carbons (Fsp3) is 0.587. The molecule has 1 aliphatic heterocycles. The number of hydrogen-bond acceptors (Lipinski definition) is 19. The highest BCUT2D eigenvalue weighted by Crippen LogP contribution is 2.22. The molecule has 1 saturated heterocycles. The maximum absolute atomic E-state index is 14.5. The zero-order valence-electron chi connectivity index (χ0n) is 54.8. The van der Waals surface area contributed by atoms with E-state index in [1.807, 2.05) is 22.6 Å². The number of rotatable bonds is 45. The molecule has 0 unspecified atom stereocenters. The Kier molecular flexibility index (Phi) is 38.9. The minimum Gasteiger partial charge on any atom is -0.507 e. The van der Waals surface area contributed by atoms with Gasteiger partial charge in [-0.15, -0.1) is 0 Å². The molecule has 0 spiro atoms. The van der Waals surface area contributed by atoms with Gasteiger partial charge in [-0.25, -0.2) is 19.2 Å². The molecule has 98 heavy (non-hydrogen) atoms. The Bertz CT molecular complexity index is 2970. The number of carboxylic acid groups (broad SMARTS) is 5. The summed E-state index contributed by atoms with van der Waals surface area (Å²) in [5.74, 6) is -11.7. The summed E-state index contributed by atoms with van der Waals surface area (Å²) >= 11 is 1.89. The van der Waals surface area contributed by atoms with Crippen molar-refractivity contribution >= 4 is 106 Å². The van der Waals surface area contributed by atoms with Crippen molar-refractivity contribution in [3.8, 4) is 5.75 Å². The molecule has 0 saturated carbocycles. The lowest BCUT2D eigenvalue weighted by molar-refractivity contribution is -0.145. The van der Waals surface area contributed by atoms with E-state index in [-0.39, 0.29) is 160 Å². The van der Waals surface area contributed by atoms with Gasteiger partial charge < -0.3 is 85.1 Å². The summed E-state index contributed by atoms with van der Waals surface area (Å²) in [5.41, 5.74) is 17.7. The molecule has 34 nitrogen and oxygen atoms in total. The highest BCUT2D eigenvalue weighted by molar-refractivity contribution is 14.1. The number of carboxylic acids is 5. The van der Waals surface area contributed by atoms with Gasteiger partial charge in [0.15, 0.2) is 0 Å². The number of urea groups is 1. The van der Waals surface area contributed by atoms with Gasteiger partial charge in [-0.05, 0) is 110 Å². The summed E-state index contributed by atoms with van der Waals surface area (Å²) in [6, 6.07) is 3.51. The first-order chi connectivity index (χ1) is 46.5. The summed E-state index contributed by atoms with van der Waals surface area (Å²) < 4.78 is 0.420. The first kappa shape index (κ1) is 83.4. The van der Waals surface area contributed by atoms with Crippen LogP contribution in [0.3, 0.4) is 0 Å². The Morgan fingerprint density at radius 3 is 1.30 bits per heavy atom. The van der Waals surface area contributed by atoms with E-state index >= 15 is 0 Å². The van der Waals surface area contributed by atoms with Crippen molar-refractivity contribution in [1.29, 1.82) is 0 Å². The lowest BCUT2D eigenvalue weighted by atomic mass is 10.0. The third-order valence-corrected chi connectivity index (χ3v) is 16.8. The number of hydrogen-bond donors (Lipinski definition) is 16. The zero-order chi connectivity index (χ0) is 72.7. The number of nitrogens with two attached hydrogens (primary N) is 3. The van der Waals surface area contributed by atoms with E-state index in [0.717, 1.165) is 0 Å². The average molecular weight is 1500 g/mol. The van der Waals surface area contributed by atoms with Gasteiger partial charge in [-0.3, -0.25) is 67.5 Å². The second-order valence-electron chi connectivity index (χ2n) is 23.9. The maximum atomic E-state index is 14.5. The number of halogens is 1. The van der Waals surface area contributed by atoms with Crippen molar-refractivity contribution in [2.24, 2.45) is 17.2 Å². The Morgan fingerprint density at radius 2 is 0.857 bits per heavy atom. The number of nitrogens with one attached hydrogen (secondary N) is 7. The standard InChI is InChI=1S/C63H95IN14O20/c64-42-34-41(18-21-49(42)79)36-46(70-55(85)22-20-48(62(96)97)78-32-30-76(38-51(66)81)28-26-75(37-50(65)80)27-29-77(31-33-78)39-52(67)82)57(88)72-47(35-40-12-4-3-5-13-40)58(89)71-43(59(90)91)14-8-10-24-68-53(83)16-6-1-2-7-17-54(84)69-25-11-9-15-44(60(92)93)73-63(98)74-45(61(94)95)19-23-56(86)87/h3-5,12-13,18,21,34,43-48,79H,1-2,6-11,14-17,19-20,22-33,35-39H2,(H2,65,80)(H2,66,81)(H2,67,82)(H,68,83)(H,69,84)(H,70,85)(H,71,89)(H,72,88)(H,86,87)(H,90,91)(H,92,93)(H,94,95)(H,96,97)(H2,73,74,98)/t43-,44+,45+,46-,47-,48+/m1/s1. The van der Waals surface area contributed by atoms with Crippen molar-refractivity contribution in [3.05, 3.63) is 63.2 Å². The first-order valence-corrected chi connectivity index (χ1v) is 33.5. The van der Waals surface area contributed by atoms with Gasteiger partial charge in [-0.1, -0.05) is 49.2 Å². The second-order valence-corrected chi connectivity index (χ2v) is 25.0. The Labute approximate surface area is 580 Å². The molecule has 1 heterocycles. The van der Waals surface area contributed by atoms with E-state index in [2.05, 4.69) is 37.2 Å². The van der Waals surface area contributed by atoms with Crippen LogP contribution in [0.1, 0.15) is 114 Å². The van der Waals surface area contributed by atoms with E-state index < -0.39 is 127 Å². The Hall–Kier alpha value is -8.81. The van der Waals surface area contributed by atoms with Gasteiger partial charge in [0.25, 0.3) is 0 Å². The van der Waals surface area contributed by atoms with Crippen molar-refractivity contribution < 1.29 is 97.8 Å². The third-order valence-electron chi connectivity index (χ3n) is 15.9. The molecule has 19 N–H and O–H groups in total. The molecule has 2 aromatic rings. The Morgan fingerprint density at radius 1 is 0.429 bits per heavy atom. The van der Waals surface area contributed by atoms with Crippen molar-refractivity contribution in [2.75, 3.05) is 85.1 Å². The summed E-state index contributed by atoms with van der Waals surface area (Å²) in [5, 5.41) is 76.5. The lowest BCUT2D eigenvalue weighted by Gasteiger charge is -2.35. The summed E-state index contributed by atoms with van der Waals surface area (Å²) in [7, 11) is 0. The Balaban J connectivity index is 1.58. The van der Waals surface area contributed by atoms with Gasteiger partial charge in [0, 0.05) is 104 Å². The molecule has 1 fully saturated rings. The van der Waals surface area contributed by atoms with E-state index in [4.69, 9.17) is 22.3 Å². The van der Waals surface area contributed by atoms with Crippen molar-refractivity contribution in [1.82, 2.24) is 56.8 Å². The number of benzene rings is 2. The molecule has 2 aromatic carbocycles. The normalized spacial score (nSPS) is 15.3. The highest BCUT2D eigenvalue weighted by Gasteiger charge is 2.33. The number of unbranched alkanes of at least 4 members (excludes halogenated alkanes) is 5. The molecule has 10 amide bonds. The highest BCUT2D eigenvalue weighted by atomic mass is 127. The van der Waals surface area contributed by atoms with E-state index in [9.17, 15) is 92.7 Å². The van der Waals surface area contributed by atoms with Crippen LogP contribution < -0.4 is 54.4 Å². The van der Waals surface area contributed by atoms with Gasteiger partial charge in [0.05, 0.1) is 23.2 Å². The number of aromatic hydroxyl groups is 1. The quantitative estimate of drug-likeness (QED) is 0.0257. The van der Waals surface area contributed by atoms with Crippen LogP contribution in [-0.4, -0.2) is 255 Å². The molecular formula is C63H95IN14O20. The molecule has 0 radical (unpaired) electrons. The fourth-order valence-electron chi connectivity index (χ4n) is 10.6. The number of carbonyl (C=O) groups is 14. The molecule has 544 valence electrons. The van der Waals surface area contributed by atoms with Gasteiger partial charge in [-0.2, -0.15) is 0 Å². The maximum Gasteiger partial charge on any atom is 0.326 e. The molecule has 1 aliphatic rings. The number of carbonyl (C=O) groups excluding carboxylic acids is 9. The average Bonchev–Trinajstić information content (AvgIpc) is 0.864. The number of phenolic OH excluding ortho intramolecular Hbond substituents is 1. The topological polar surface area (TPSA) is 536 Å². The van der Waals surface area contributed by atoms with Crippen LogP contribution in [0.25, 0.3) is 0 Å². The summed E-state index contributed by atoms with van der Waals surface area (Å²) in [6.07, 6.45) is 1.99. The van der Waals surface area contributed by atoms with Gasteiger partial charge >= 0.3 is 35.9 Å². The molecule has 0 aromatic heterocycles. The SMILES string of the molecule is NC(=O)CN1CCN(CC(N)=O)CCN([C@@H](CCC(=O)N[C@H](Cc2ccc(O)c(I)c2)C(=O)N[C@H](Cc2ccccc2)C(=O)N[C@H](CCCCNC(=O)CCCCCCC(=O)NCCCC[C@H](NC(=O)N[C@@H](CCC(=O)O)C(=O)O)C(=O)O)C(=O)O)C(=O)O)CCN(CC(N)=O)CC1. The van der Waals surface area contributed by atoms with Crippen LogP contribution in [0.15, 0.2) is 48.5 Å². The van der Waals surface area contributed by atoms with E-state index in [1.54, 1.807) is 56.0 Å². The predicted octanol–water partition coefficient (Wildman–Crippen LogP) is -1.78. The number of amides is 10. The number of phenols is 1. The van der Waals surface area contributed by atoms with Crippen LogP contribution in [0.5, 0.6) is 5.75 Å². The summed E-state index contributed by atoms with van der Waals surface area (Å²) in [4.78, 5) is 182. The lowest BCUT2D eigenvalue weighted by Crippen LogP contribution is -2.57. The molecule has 3 rings (SSSR count). The van der Waals surface area contributed by atoms with Crippen LogP contribution in [0.2, 0.25) is 0 Å².